The van der Waals surface area contributed by atoms with Crippen LogP contribution in [-0.4, -0.2) is 18.7 Å². The third-order valence-corrected chi connectivity index (χ3v) is 8.55. The van der Waals surface area contributed by atoms with E-state index in [9.17, 15) is 22.8 Å². The topological polar surface area (TPSA) is 64.6 Å². The van der Waals surface area contributed by atoms with E-state index in [2.05, 4.69) is 5.32 Å². The Morgan fingerprint density at radius 2 is 1.60 bits per heavy atom. The summed E-state index contributed by atoms with van der Waals surface area (Å²) in [4.78, 5) is 25.8. The number of hydrogen-bond donors (Lipinski definition) is 1. The van der Waals surface area contributed by atoms with Crippen molar-refractivity contribution in [2.45, 2.75) is 44.4 Å². The molecule has 1 saturated carbocycles. The molecule has 10 heteroatoms. The van der Waals surface area contributed by atoms with E-state index in [0.29, 0.717) is 21.5 Å². The van der Waals surface area contributed by atoms with Crippen molar-refractivity contribution in [1.29, 1.82) is 0 Å². The highest BCUT2D eigenvalue weighted by atomic mass is 35.5. The number of carbonyl (C=O) groups is 2. The third kappa shape index (κ3) is 6.32. The van der Waals surface area contributed by atoms with E-state index in [1.54, 1.807) is 13.0 Å². The van der Waals surface area contributed by atoms with Crippen LogP contribution in [0, 0.1) is 0 Å². The third-order valence-electron chi connectivity index (χ3n) is 7.24. The first-order valence-electron chi connectivity index (χ1n) is 13.3. The molecule has 1 N–H and O–H groups in total. The van der Waals surface area contributed by atoms with Crippen LogP contribution in [0.15, 0.2) is 78.9 Å². The predicted molar refractivity (Wildman–Crippen MR) is 158 cm³/mol. The van der Waals surface area contributed by atoms with Crippen LogP contribution in [-0.2, 0) is 25.9 Å². The predicted octanol–water partition coefficient (Wildman–Crippen LogP) is 9.66. The average Bonchev–Trinajstić information content (AvgIpc) is 3.70. The molecule has 4 aromatic rings. The van der Waals surface area contributed by atoms with E-state index in [0.717, 1.165) is 47.2 Å². The Morgan fingerprint density at radius 3 is 2.19 bits per heavy atom. The van der Waals surface area contributed by atoms with E-state index < -0.39 is 29.4 Å². The van der Waals surface area contributed by atoms with Gasteiger partial charge in [0.1, 0.15) is 6.10 Å². The monoisotopic (exact) mass is 613 g/mol. The lowest BCUT2D eigenvalue weighted by Gasteiger charge is -2.16. The molecule has 5 nitrogen and oxygen atoms in total. The molecule has 1 atom stereocenters. The SMILES string of the molecule is CCOC(=O)C1(c2ccc(-c3ccc(-c4sc(Cl)cc4NC(=O)O[C@H](C)c4cccc(C(F)(F)F)c4)cc3)cc2)CC1. The smallest absolute Gasteiger partial charge is 0.416 e. The zero-order valence-corrected chi connectivity index (χ0v) is 24.3. The molecule has 1 aromatic heterocycles. The van der Waals surface area contributed by atoms with Crippen molar-refractivity contribution in [3.63, 3.8) is 0 Å². The van der Waals surface area contributed by atoms with Crippen LogP contribution >= 0.6 is 22.9 Å². The molecule has 0 spiro atoms. The average molecular weight is 614 g/mol. The van der Waals surface area contributed by atoms with Gasteiger partial charge in [-0.1, -0.05) is 72.3 Å². The molecule has 0 saturated heterocycles. The summed E-state index contributed by atoms with van der Waals surface area (Å²) in [6.07, 6.45) is -4.65. The van der Waals surface area contributed by atoms with Crippen molar-refractivity contribution in [3.8, 4) is 21.6 Å². The van der Waals surface area contributed by atoms with Gasteiger partial charge in [0.05, 0.1) is 32.5 Å². The maximum Gasteiger partial charge on any atom is 0.416 e. The molecular formula is C32H27ClF3NO4S. The fraction of sp³-hybridized carbons (Fsp3) is 0.250. The number of rotatable bonds is 8. The maximum atomic E-state index is 13.1. The highest BCUT2D eigenvalue weighted by molar-refractivity contribution is 7.20. The van der Waals surface area contributed by atoms with E-state index in [4.69, 9.17) is 21.1 Å². The molecule has 0 radical (unpaired) electrons. The lowest BCUT2D eigenvalue weighted by molar-refractivity contribution is -0.146. The number of nitrogens with one attached hydrogen (secondary N) is 1. The van der Waals surface area contributed by atoms with Crippen LogP contribution in [0.4, 0.5) is 23.7 Å². The number of amides is 1. The van der Waals surface area contributed by atoms with E-state index in [1.807, 2.05) is 48.5 Å². The minimum Gasteiger partial charge on any atom is -0.465 e. The first-order valence-corrected chi connectivity index (χ1v) is 14.5. The number of hydrogen-bond acceptors (Lipinski definition) is 5. The molecule has 0 unspecified atom stereocenters. The van der Waals surface area contributed by atoms with Crippen LogP contribution < -0.4 is 5.32 Å². The Hall–Kier alpha value is -3.82. The van der Waals surface area contributed by atoms with Crippen LogP contribution in [0.5, 0.6) is 0 Å². The maximum absolute atomic E-state index is 13.1. The molecule has 1 fully saturated rings. The fourth-order valence-corrected chi connectivity index (χ4v) is 5.99. The van der Waals surface area contributed by atoms with Gasteiger partial charge >= 0.3 is 18.2 Å². The molecule has 218 valence electrons. The van der Waals surface area contributed by atoms with Crippen molar-refractivity contribution in [3.05, 3.63) is 99.9 Å². The van der Waals surface area contributed by atoms with Gasteiger partial charge in [0, 0.05) is 0 Å². The van der Waals surface area contributed by atoms with Crippen molar-refractivity contribution < 1.29 is 32.2 Å². The molecular weight excluding hydrogens is 587 g/mol. The van der Waals surface area contributed by atoms with Gasteiger partial charge in [-0.05, 0) is 72.7 Å². The van der Waals surface area contributed by atoms with Crippen molar-refractivity contribution in [2.75, 3.05) is 11.9 Å². The normalized spacial score (nSPS) is 14.6. The molecule has 1 amide bonds. The second-order valence-electron chi connectivity index (χ2n) is 10.0. The van der Waals surface area contributed by atoms with Crippen LogP contribution in [0.1, 0.15) is 49.5 Å². The molecule has 0 aliphatic heterocycles. The lowest BCUT2D eigenvalue weighted by Crippen LogP contribution is -2.23. The zero-order valence-electron chi connectivity index (χ0n) is 22.8. The van der Waals surface area contributed by atoms with Gasteiger partial charge in [-0.25, -0.2) is 4.79 Å². The standard InChI is InChI=1S/C32H27ClF3NO4S/c1-3-40-29(38)31(15-16-31)24-13-11-21(12-14-24)20-7-9-22(10-8-20)28-26(18-27(33)42-28)37-30(39)41-19(2)23-5-4-6-25(17-23)32(34,35)36/h4-14,17-19H,3,15-16H2,1-2H3,(H,37,39)/t19-/m1/s1. The van der Waals surface area contributed by atoms with Crippen molar-refractivity contribution in [2.24, 2.45) is 0 Å². The largest absolute Gasteiger partial charge is 0.465 e. The summed E-state index contributed by atoms with van der Waals surface area (Å²) in [6.45, 7) is 3.67. The zero-order chi connectivity index (χ0) is 30.1. The van der Waals surface area contributed by atoms with Crippen LogP contribution in [0.25, 0.3) is 21.6 Å². The summed E-state index contributed by atoms with van der Waals surface area (Å²) in [5, 5.41) is 2.67. The van der Waals surface area contributed by atoms with E-state index in [1.165, 1.54) is 30.4 Å². The Labute approximate surface area is 250 Å². The highest BCUT2D eigenvalue weighted by Crippen LogP contribution is 2.49. The number of alkyl halides is 3. The van der Waals surface area contributed by atoms with Gasteiger partial charge in [0.25, 0.3) is 0 Å². The fourth-order valence-electron chi connectivity index (χ4n) is 4.80. The first kappa shape index (κ1) is 29.7. The molecule has 1 heterocycles. The summed E-state index contributed by atoms with van der Waals surface area (Å²) in [6, 6.07) is 21.9. The van der Waals surface area contributed by atoms with Crippen molar-refractivity contribution >= 4 is 40.7 Å². The lowest BCUT2D eigenvalue weighted by atomic mass is 9.93. The summed E-state index contributed by atoms with van der Waals surface area (Å²) in [5.74, 6) is -0.171. The van der Waals surface area contributed by atoms with Crippen LogP contribution in [0.2, 0.25) is 4.34 Å². The number of ether oxygens (including phenoxy) is 2. The number of halogens is 4. The van der Waals surface area contributed by atoms with Gasteiger partial charge < -0.3 is 9.47 Å². The second-order valence-corrected chi connectivity index (χ2v) is 11.7. The summed E-state index contributed by atoms with van der Waals surface area (Å²) in [7, 11) is 0. The molecule has 3 aromatic carbocycles. The Morgan fingerprint density at radius 1 is 0.976 bits per heavy atom. The van der Waals surface area contributed by atoms with Gasteiger partial charge in [-0.2, -0.15) is 13.2 Å². The van der Waals surface area contributed by atoms with E-state index in [-0.39, 0.29) is 11.5 Å². The molecule has 42 heavy (non-hydrogen) atoms. The minimum absolute atomic E-state index is 0.171. The van der Waals surface area contributed by atoms with Gasteiger partial charge in [-0.15, -0.1) is 11.3 Å². The minimum atomic E-state index is -4.50. The number of carbonyl (C=O) groups excluding carboxylic acids is 2. The molecule has 5 rings (SSSR count). The summed E-state index contributed by atoms with van der Waals surface area (Å²) in [5.41, 5.74) is 3.04. The van der Waals surface area contributed by atoms with Gasteiger partial charge in [0.2, 0.25) is 0 Å². The number of thiophene rings is 1. The number of benzene rings is 3. The molecule has 1 aliphatic carbocycles. The summed E-state index contributed by atoms with van der Waals surface area (Å²) < 4.78 is 50.3. The molecule has 1 aliphatic rings. The highest BCUT2D eigenvalue weighted by Gasteiger charge is 2.52. The van der Waals surface area contributed by atoms with Crippen LogP contribution in [0.3, 0.4) is 0 Å². The van der Waals surface area contributed by atoms with E-state index >= 15 is 0 Å². The summed E-state index contributed by atoms with van der Waals surface area (Å²) >= 11 is 7.55. The van der Waals surface area contributed by atoms with Gasteiger partial charge in [0.15, 0.2) is 0 Å². The first-order chi connectivity index (χ1) is 20.0. The Bertz CT molecular complexity index is 1600. The quantitative estimate of drug-likeness (QED) is 0.201. The number of esters is 1. The van der Waals surface area contributed by atoms with Gasteiger partial charge in [-0.3, -0.25) is 10.1 Å². The Kier molecular flexibility index (Phi) is 8.35. The van der Waals surface area contributed by atoms with Crippen molar-refractivity contribution in [1.82, 2.24) is 0 Å². The Balaban J connectivity index is 1.27. The number of anilines is 1. The second kappa shape index (κ2) is 11.8. The molecule has 0 bridgehead atoms.